The summed E-state index contributed by atoms with van der Waals surface area (Å²) in [4.78, 5) is 16.3. The third-order valence-electron chi connectivity index (χ3n) is 3.83. The number of fused-ring (bicyclic) bond motifs is 2. The Bertz CT molecular complexity index is 720. The molecule has 22 heavy (non-hydrogen) atoms. The molecule has 0 saturated heterocycles. The second-order valence-electron chi connectivity index (χ2n) is 5.95. The van der Waals surface area contributed by atoms with Gasteiger partial charge in [-0.15, -0.1) is 0 Å². The number of rotatable bonds is 5. The highest BCUT2D eigenvalue weighted by molar-refractivity contribution is 5.83. The van der Waals surface area contributed by atoms with Crippen LogP contribution in [0.4, 0.5) is 0 Å². The Morgan fingerprint density at radius 2 is 2.05 bits per heavy atom. The third-order valence-corrected chi connectivity index (χ3v) is 3.83. The molecule has 0 saturated carbocycles. The van der Waals surface area contributed by atoms with Gasteiger partial charge in [0, 0.05) is 18.6 Å². The van der Waals surface area contributed by atoms with E-state index in [2.05, 4.69) is 18.8 Å². The van der Waals surface area contributed by atoms with Crippen LogP contribution in [0.2, 0.25) is 0 Å². The van der Waals surface area contributed by atoms with Crippen LogP contribution in [0.3, 0.4) is 0 Å². The van der Waals surface area contributed by atoms with E-state index in [0.29, 0.717) is 23.8 Å². The molecule has 0 radical (unpaired) electrons. The summed E-state index contributed by atoms with van der Waals surface area (Å²) in [5.74, 6) is 1.65. The largest absolute Gasteiger partial charge is 0.480 e. The van der Waals surface area contributed by atoms with Crippen molar-refractivity contribution in [2.45, 2.75) is 39.7 Å². The quantitative estimate of drug-likeness (QED) is 0.919. The molecule has 0 amide bonds. The lowest BCUT2D eigenvalue weighted by molar-refractivity contribution is -0.140. The number of aliphatic carboxylic acids is 1. The van der Waals surface area contributed by atoms with Gasteiger partial charge in [0.25, 0.3) is 0 Å². The molecule has 0 fully saturated rings. The van der Waals surface area contributed by atoms with Gasteiger partial charge in [0.2, 0.25) is 6.79 Å². The molecule has 1 aromatic heterocycles. The molecule has 0 aliphatic carbocycles. The lowest BCUT2D eigenvalue weighted by atomic mass is 10.1. The lowest BCUT2D eigenvalue weighted by Crippen LogP contribution is -2.21. The fourth-order valence-electron chi connectivity index (χ4n) is 2.86. The first-order valence-corrected chi connectivity index (χ1v) is 7.54. The third kappa shape index (κ3) is 2.38. The van der Waals surface area contributed by atoms with E-state index in [1.54, 1.807) is 0 Å². The van der Waals surface area contributed by atoms with Gasteiger partial charge in [-0.3, -0.25) is 0 Å². The van der Waals surface area contributed by atoms with Gasteiger partial charge in [-0.1, -0.05) is 20.8 Å². The molecule has 6 heteroatoms. The molecule has 118 valence electrons. The number of carbonyl (C=O) groups is 1. The lowest BCUT2D eigenvalue weighted by Gasteiger charge is -2.17. The highest BCUT2D eigenvalue weighted by atomic mass is 16.7. The summed E-state index contributed by atoms with van der Waals surface area (Å²) in [7, 11) is 0. The summed E-state index contributed by atoms with van der Waals surface area (Å²) < 4.78 is 12.6. The SMILES string of the molecule is CCC(C(=O)O)n1c(CC(C)C)nc2cc3c(cc21)OCO3. The molecule has 6 nitrogen and oxygen atoms in total. The minimum Gasteiger partial charge on any atom is -0.480 e. The maximum Gasteiger partial charge on any atom is 0.326 e. The van der Waals surface area contributed by atoms with Crippen molar-refractivity contribution in [3.63, 3.8) is 0 Å². The number of carboxylic acid groups (broad SMARTS) is 1. The van der Waals surface area contributed by atoms with Gasteiger partial charge < -0.3 is 19.1 Å². The molecule has 0 spiro atoms. The first kappa shape index (κ1) is 14.7. The van der Waals surface area contributed by atoms with Crippen LogP contribution in [0.5, 0.6) is 11.5 Å². The van der Waals surface area contributed by atoms with Crippen LogP contribution in [-0.2, 0) is 11.2 Å². The number of carboxylic acids is 1. The molecular weight excluding hydrogens is 284 g/mol. The molecule has 1 unspecified atom stereocenters. The molecule has 3 rings (SSSR count). The molecule has 1 aliphatic rings. The zero-order valence-electron chi connectivity index (χ0n) is 13.0. The normalized spacial score (nSPS) is 14.7. The number of ether oxygens (including phenoxy) is 2. The Balaban J connectivity index is 2.21. The van der Waals surface area contributed by atoms with Gasteiger partial charge in [-0.05, 0) is 12.3 Å². The van der Waals surface area contributed by atoms with E-state index in [9.17, 15) is 9.90 Å². The van der Waals surface area contributed by atoms with Crippen LogP contribution in [-0.4, -0.2) is 27.4 Å². The van der Waals surface area contributed by atoms with Gasteiger partial charge in [0.15, 0.2) is 11.5 Å². The monoisotopic (exact) mass is 304 g/mol. The van der Waals surface area contributed by atoms with E-state index in [4.69, 9.17) is 9.47 Å². The van der Waals surface area contributed by atoms with Crippen LogP contribution < -0.4 is 9.47 Å². The van der Waals surface area contributed by atoms with Crippen molar-refractivity contribution in [1.82, 2.24) is 9.55 Å². The summed E-state index contributed by atoms with van der Waals surface area (Å²) in [5.41, 5.74) is 1.54. The van der Waals surface area contributed by atoms with Gasteiger partial charge in [-0.25, -0.2) is 9.78 Å². The molecule has 1 atom stereocenters. The zero-order chi connectivity index (χ0) is 15.9. The fourth-order valence-corrected chi connectivity index (χ4v) is 2.86. The van der Waals surface area contributed by atoms with Gasteiger partial charge >= 0.3 is 5.97 Å². The van der Waals surface area contributed by atoms with Crippen LogP contribution in [0.1, 0.15) is 39.1 Å². The second-order valence-corrected chi connectivity index (χ2v) is 5.95. The van der Waals surface area contributed by atoms with Gasteiger partial charge in [0.1, 0.15) is 11.9 Å². The number of benzene rings is 1. The van der Waals surface area contributed by atoms with Crippen molar-refractivity contribution in [3.05, 3.63) is 18.0 Å². The number of hydrogen-bond acceptors (Lipinski definition) is 4. The van der Waals surface area contributed by atoms with Crippen LogP contribution in [0.15, 0.2) is 12.1 Å². The number of nitrogens with zero attached hydrogens (tertiary/aromatic N) is 2. The molecular formula is C16H20N2O4. The molecule has 1 N–H and O–H groups in total. The second kappa shape index (κ2) is 5.51. The van der Waals surface area contributed by atoms with Crippen molar-refractivity contribution >= 4 is 17.0 Å². The van der Waals surface area contributed by atoms with E-state index in [1.165, 1.54) is 0 Å². The summed E-state index contributed by atoms with van der Waals surface area (Å²) in [6, 6.07) is 3.03. The van der Waals surface area contributed by atoms with E-state index >= 15 is 0 Å². The highest BCUT2D eigenvalue weighted by Crippen LogP contribution is 2.37. The van der Waals surface area contributed by atoms with Crippen LogP contribution >= 0.6 is 0 Å². The zero-order valence-corrected chi connectivity index (χ0v) is 13.0. The van der Waals surface area contributed by atoms with Crippen LogP contribution in [0.25, 0.3) is 11.0 Å². The van der Waals surface area contributed by atoms with Crippen molar-refractivity contribution in [2.24, 2.45) is 5.92 Å². The van der Waals surface area contributed by atoms with Crippen molar-refractivity contribution in [3.8, 4) is 11.5 Å². The number of aromatic nitrogens is 2. The molecule has 0 bridgehead atoms. The van der Waals surface area contributed by atoms with E-state index in [1.807, 2.05) is 23.6 Å². The maximum absolute atomic E-state index is 11.6. The van der Waals surface area contributed by atoms with Crippen molar-refractivity contribution in [2.75, 3.05) is 6.79 Å². The van der Waals surface area contributed by atoms with E-state index < -0.39 is 12.0 Å². The summed E-state index contributed by atoms with van der Waals surface area (Å²) in [6.07, 6.45) is 1.23. The van der Waals surface area contributed by atoms with E-state index in [-0.39, 0.29) is 6.79 Å². The van der Waals surface area contributed by atoms with Crippen molar-refractivity contribution < 1.29 is 19.4 Å². The average molecular weight is 304 g/mol. The average Bonchev–Trinajstić information content (AvgIpc) is 3.01. The predicted octanol–water partition coefficient (Wildman–Crippen LogP) is 3.00. The smallest absolute Gasteiger partial charge is 0.326 e. The summed E-state index contributed by atoms with van der Waals surface area (Å²) in [5, 5.41) is 9.55. The molecule has 1 aromatic carbocycles. The Morgan fingerprint density at radius 3 is 2.64 bits per heavy atom. The Kier molecular flexibility index (Phi) is 3.68. The first-order valence-electron chi connectivity index (χ1n) is 7.54. The number of imidazole rings is 1. The topological polar surface area (TPSA) is 73.6 Å². The molecule has 2 heterocycles. The number of hydrogen-bond donors (Lipinski definition) is 1. The summed E-state index contributed by atoms with van der Waals surface area (Å²) >= 11 is 0. The van der Waals surface area contributed by atoms with Gasteiger partial charge in [-0.2, -0.15) is 0 Å². The Hall–Kier alpha value is -2.24. The Labute approximate surface area is 128 Å². The maximum atomic E-state index is 11.6. The van der Waals surface area contributed by atoms with Crippen molar-refractivity contribution in [1.29, 1.82) is 0 Å². The minimum absolute atomic E-state index is 0.191. The Morgan fingerprint density at radius 1 is 1.36 bits per heavy atom. The molecule has 2 aromatic rings. The van der Waals surface area contributed by atoms with E-state index in [0.717, 1.165) is 23.3 Å². The summed E-state index contributed by atoms with van der Waals surface area (Å²) in [6.45, 7) is 6.25. The molecule has 1 aliphatic heterocycles. The predicted molar refractivity (Wildman–Crippen MR) is 81.4 cm³/mol. The minimum atomic E-state index is -0.843. The fraction of sp³-hybridized carbons (Fsp3) is 0.500. The van der Waals surface area contributed by atoms with Crippen LogP contribution in [0, 0.1) is 5.92 Å². The highest BCUT2D eigenvalue weighted by Gasteiger charge is 2.26. The standard InChI is InChI=1S/C16H20N2O4/c1-4-11(16(19)20)18-12-7-14-13(21-8-22-14)6-10(12)17-15(18)5-9(2)3/h6-7,9,11H,4-5,8H2,1-3H3,(H,19,20). The first-order chi connectivity index (χ1) is 10.5. The van der Waals surface area contributed by atoms with Gasteiger partial charge in [0.05, 0.1) is 11.0 Å².